The molecule has 0 bridgehead atoms. The summed E-state index contributed by atoms with van der Waals surface area (Å²) in [5, 5.41) is 10.1. The highest BCUT2D eigenvalue weighted by Crippen LogP contribution is 2.44. The smallest absolute Gasteiger partial charge is 0.384 e. The van der Waals surface area contributed by atoms with Crippen molar-refractivity contribution in [1.82, 2.24) is 0 Å². The van der Waals surface area contributed by atoms with Gasteiger partial charge in [-0.3, -0.25) is 0 Å². The van der Waals surface area contributed by atoms with E-state index in [1.807, 2.05) is 30.3 Å². The maximum atomic E-state index is 11.1. The summed E-state index contributed by atoms with van der Waals surface area (Å²) in [5.74, 6) is 4.70. The van der Waals surface area contributed by atoms with Crippen LogP contribution in [0.3, 0.4) is 0 Å². The van der Waals surface area contributed by atoms with Gasteiger partial charge in [0.25, 0.3) is 0 Å². The predicted octanol–water partition coefficient (Wildman–Crippen LogP) is 1.86. The van der Waals surface area contributed by atoms with Gasteiger partial charge < -0.3 is 9.84 Å². The molecule has 1 N–H and O–H groups in total. The number of aliphatic hydroxyl groups is 1. The third kappa shape index (κ3) is 2.91. The highest BCUT2D eigenvalue weighted by Gasteiger charge is 2.42. The molecule has 1 aliphatic carbocycles. The van der Waals surface area contributed by atoms with E-state index in [-0.39, 0.29) is 0 Å². The average molecular weight is 244 g/mol. The summed E-state index contributed by atoms with van der Waals surface area (Å²) in [6.07, 6.45) is 1.15. The SMILES string of the molecule is CCOC(=O)C#CC1(O)CC(c2ccccc2)C1. The normalized spacial score (nSPS) is 25.6. The molecule has 2 rings (SSSR count). The molecule has 0 heterocycles. The highest BCUT2D eigenvalue weighted by atomic mass is 16.5. The van der Waals surface area contributed by atoms with Gasteiger partial charge in [0, 0.05) is 5.92 Å². The van der Waals surface area contributed by atoms with Crippen molar-refractivity contribution in [3.63, 3.8) is 0 Å². The van der Waals surface area contributed by atoms with Crippen LogP contribution in [-0.4, -0.2) is 23.3 Å². The molecule has 3 nitrogen and oxygen atoms in total. The number of hydrogen-bond acceptors (Lipinski definition) is 3. The van der Waals surface area contributed by atoms with E-state index < -0.39 is 11.6 Å². The number of carbonyl (C=O) groups excluding carboxylic acids is 1. The van der Waals surface area contributed by atoms with Gasteiger partial charge in [-0.15, -0.1) is 0 Å². The van der Waals surface area contributed by atoms with Crippen LogP contribution in [0.4, 0.5) is 0 Å². The lowest BCUT2D eigenvalue weighted by Gasteiger charge is -2.40. The molecule has 0 aromatic heterocycles. The third-order valence-electron chi connectivity index (χ3n) is 3.11. The van der Waals surface area contributed by atoms with Crippen molar-refractivity contribution in [1.29, 1.82) is 0 Å². The van der Waals surface area contributed by atoms with Gasteiger partial charge in [0.05, 0.1) is 6.61 Å². The molecule has 1 aliphatic rings. The number of ether oxygens (including phenoxy) is 1. The Bertz CT molecular complexity index is 475. The first kappa shape index (κ1) is 12.7. The Labute approximate surface area is 107 Å². The highest BCUT2D eigenvalue weighted by molar-refractivity contribution is 5.88. The van der Waals surface area contributed by atoms with Crippen LogP contribution in [0, 0.1) is 11.8 Å². The zero-order valence-corrected chi connectivity index (χ0v) is 10.3. The zero-order valence-electron chi connectivity index (χ0n) is 10.3. The molecule has 0 radical (unpaired) electrons. The van der Waals surface area contributed by atoms with Crippen LogP contribution in [0.1, 0.15) is 31.2 Å². The molecular weight excluding hydrogens is 228 g/mol. The van der Waals surface area contributed by atoms with Crippen LogP contribution in [-0.2, 0) is 9.53 Å². The van der Waals surface area contributed by atoms with E-state index >= 15 is 0 Å². The fourth-order valence-electron chi connectivity index (χ4n) is 2.15. The van der Waals surface area contributed by atoms with E-state index in [4.69, 9.17) is 4.74 Å². The lowest BCUT2D eigenvalue weighted by molar-refractivity contribution is -0.136. The average Bonchev–Trinajstić information content (AvgIpc) is 2.34. The van der Waals surface area contributed by atoms with Crippen molar-refractivity contribution in [2.75, 3.05) is 6.61 Å². The minimum Gasteiger partial charge on any atom is -0.456 e. The van der Waals surface area contributed by atoms with Gasteiger partial charge in [-0.05, 0) is 31.2 Å². The molecular formula is C15H16O3. The molecule has 1 aromatic carbocycles. The van der Waals surface area contributed by atoms with E-state index in [9.17, 15) is 9.90 Å². The third-order valence-corrected chi connectivity index (χ3v) is 3.11. The molecule has 1 aromatic rings. The maximum Gasteiger partial charge on any atom is 0.384 e. The largest absolute Gasteiger partial charge is 0.456 e. The molecule has 1 saturated carbocycles. The minimum atomic E-state index is -1.03. The molecule has 0 atom stereocenters. The Morgan fingerprint density at radius 3 is 2.72 bits per heavy atom. The summed E-state index contributed by atoms with van der Waals surface area (Å²) >= 11 is 0. The summed E-state index contributed by atoms with van der Waals surface area (Å²) in [6.45, 7) is 2.03. The van der Waals surface area contributed by atoms with E-state index in [0.717, 1.165) is 0 Å². The van der Waals surface area contributed by atoms with Gasteiger partial charge in [0.1, 0.15) is 5.60 Å². The Hall–Kier alpha value is -1.79. The fourth-order valence-corrected chi connectivity index (χ4v) is 2.15. The van der Waals surface area contributed by atoms with Crippen LogP contribution in [0.2, 0.25) is 0 Å². The summed E-state index contributed by atoms with van der Waals surface area (Å²) in [6, 6.07) is 10.0. The number of hydrogen-bond donors (Lipinski definition) is 1. The van der Waals surface area contributed by atoms with Crippen molar-refractivity contribution in [2.45, 2.75) is 31.3 Å². The van der Waals surface area contributed by atoms with Gasteiger partial charge in [0.15, 0.2) is 0 Å². The van der Waals surface area contributed by atoms with Crippen LogP contribution in [0.15, 0.2) is 30.3 Å². The molecule has 0 amide bonds. The Morgan fingerprint density at radius 1 is 1.44 bits per heavy atom. The molecule has 0 saturated heterocycles. The quantitative estimate of drug-likeness (QED) is 0.490. The van der Waals surface area contributed by atoms with E-state index in [0.29, 0.717) is 25.4 Å². The fraction of sp³-hybridized carbons (Fsp3) is 0.400. The van der Waals surface area contributed by atoms with Crippen LogP contribution in [0.5, 0.6) is 0 Å². The second-order valence-electron chi connectivity index (χ2n) is 4.52. The first-order valence-electron chi connectivity index (χ1n) is 6.10. The van der Waals surface area contributed by atoms with E-state index in [2.05, 4.69) is 11.8 Å². The number of benzene rings is 1. The van der Waals surface area contributed by atoms with Gasteiger partial charge >= 0.3 is 5.97 Å². The zero-order chi connectivity index (χ0) is 13.0. The summed E-state index contributed by atoms with van der Waals surface area (Å²) in [5.41, 5.74) is 0.174. The van der Waals surface area contributed by atoms with Crippen molar-refractivity contribution in [3.05, 3.63) is 35.9 Å². The lowest BCUT2D eigenvalue weighted by atomic mass is 9.68. The Balaban J connectivity index is 1.93. The van der Waals surface area contributed by atoms with Gasteiger partial charge in [-0.2, -0.15) is 0 Å². The maximum absolute atomic E-state index is 11.1. The Kier molecular flexibility index (Phi) is 3.69. The predicted molar refractivity (Wildman–Crippen MR) is 67.8 cm³/mol. The molecule has 1 fully saturated rings. The summed E-state index contributed by atoms with van der Waals surface area (Å²) < 4.78 is 4.69. The van der Waals surface area contributed by atoms with E-state index in [1.54, 1.807) is 6.92 Å². The topological polar surface area (TPSA) is 46.5 Å². The number of carbonyl (C=O) groups is 1. The second kappa shape index (κ2) is 5.24. The molecule has 0 aliphatic heterocycles. The number of rotatable bonds is 2. The van der Waals surface area contributed by atoms with Gasteiger partial charge in [-0.25, -0.2) is 4.79 Å². The first-order valence-corrected chi connectivity index (χ1v) is 6.10. The van der Waals surface area contributed by atoms with Gasteiger partial charge in [-0.1, -0.05) is 36.3 Å². The molecule has 94 valence electrons. The molecule has 18 heavy (non-hydrogen) atoms. The lowest BCUT2D eigenvalue weighted by Crippen LogP contribution is -2.41. The van der Waals surface area contributed by atoms with Crippen molar-refractivity contribution in [3.8, 4) is 11.8 Å². The summed E-state index contributed by atoms with van der Waals surface area (Å²) in [4.78, 5) is 11.1. The van der Waals surface area contributed by atoms with Crippen LogP contribution in [0.25, 0.3) is 0 Å². The standard InChI is InChI=1S/C15H16O3/c1-2-18-14(16)8-9-15(17)10-13(11-15)12-6-4-3-5-7-12/h3-7,13,17H,2,10-11H2,1H3. The molecule has 3 heteroatoms. The molecule has 0 spiro atoms. The van der Waals surface area contributed by atoms with Crippen LogP contribution >= 0.6 is 0 Å². The van der Waals surface area contributed by atoms with Crippen molar-refractivity contribution in [2.24, 2.45) is 0 Å². The van der Waals surface area contributed by atoms with E-state index in [1.165, 1.54) is 5.56 Å². The molecule has 0 unspecified atom stereocenters. The minimum absolute atomic E-state index is 0.304. The monoisotopic (exact) mass is 244 g/mol. The first-order chi connectivity index (χ1) is 8.63. The summed E-state index contributed by atoms with van der Waals surface area (Å²) in [7, 11) is 0. The number of esters is 1. The Morgan fingerprint density at radius 2 is 2.11 bits per heavy atom. The van der Waals surface area contributed by atoms with Crippen molar-refractivity contribution >= 4 is 5.97 Å². The van der Waals surface area contributed by atoms with Gasteiger partial charge in [0.2, 0.25) is 0 Å². The van der Waals surface area contributed by atoms with Crippen LogP contribution < -0.4 is 0 Å². The second-order valence-corrected chi connectivity index (χ2v) is 4.52. The van der Waals surface area contributed by atoms with Crippen molar-refractivity contribution < 1.29 is 14.6 Å².